The second kappa shape index (κ2) is 10.2. The molecule has 2 aromatic carbocycles. The summed E-state index contributed by atoms with van der Waals surface area (Å²) in [5.41, 5.74) is 3.24. The molecule has 1 heterocycles. The van der Waals surface area contributed by atoms with E-state index in [0.717, 1.165) is 40.1 Å². The Morgan fingerprint density at radius 3 is 2.11 bits per heavy atom. The van der Waals surface area contributed by atoms with Gasteiger partial charge in [0.1, 0.15) is 5.75 Å². The number of para-hydroxylation sites is 1. The third kappa shape index (κ3) is 5.61. The number of phenols is 1. The van der Waals surface area contributed by atoms with Crippen molar-refractivity contribution < 1.29 is 9.90 Å². The summed E-state index contributed by atoms with van der Waals surface area (Å²) >= 11 is 1.61. The van der Waals surface area contributed by atoms with Gasteiger partial charge in [-0.2, -0.15) is 0 Å². The largest absolute Gasteiger partial charge is 0.507 e. The first-order valence-electron chi connectivity index (χ1n) is 13.3. The number of nitrogens with one attached hydrogen (secondary N) is 1. The van der Waals surface area contributed by atoms with Crippen LogP contribution >= 0.6 is 11.8 Å². The molecule has 194 valence electrons. The van der Waals surface area contributed by atoms with Crippen LogP contribution in [-0.4, -0.2) is 27.5 Å². The van der Waals surface area contributed by atoms with Gasteiger partial charge in [0.15, 0.2) is 5.50 Å². The van der Waals surface area contributed by atoms with E-state index in [2.05, 4.69) is 82.9 Å². The summed E-state index contributed by atoms with van der Waals surface area (Å²) in [6.45, 7) is 15.0. The van der Waals surface area contributed by atoms with Crippen molar-refractivity contribution in [1.82, 2.24) is 4.90 Å². The standard InChI is InChI=1S/C31H42N2O2S/c1-20-13-11-12-16-25(20)33-28(35)26(36-29(33)32-22-14-9-8-10-15-22)19-21-17-23(30(2,3)4)27(34)24(18-21)31(5,6)7/h8-10,14-15,17-20,25,29,32,34H,11-13,16H2,1-7H3/b26-19-/t20-,25+,29?/m0/s1. The lowest BCUT2D eigenvalue weighted by Crippen LogP contribution is -2.48. The molecule has 4 rings (SSSR count). The van der Waals surface area contributed by atoms with E-state index in [1.807, 2.05) is 24.3 Å². The fraction of sp³-hybridized carbons (Fsp3) is 0.516. The summed E-state index contributed by atoms with van der Waals surface area (Å²) in [7, 11) is 0. The lowest BCUT2D eigenvalue weighted by Gasteiger charge is -2.39. The zero-order valence-electron chi connectivity index (χ0n) is 22.9. The first kappa shape index (κ1) is 26.7. The van der Waals surface area contributed by atoms with Gasteiger partial charge in [0.2, 0.25) is 0 Å². The van der Waals surface area contributed by atoms with Gasteiger partial charge in [0, 0.05) is 22.9 Å². The van der Waals surface area contributed by atoms with E-state index in [-0.39, 0.29) is 28.3 Å². The Morgan fingerprint density at radius 2 is 1.56 bits per heavy atom. The molecule has 1 aliphatic heterocycles. The normalized spacial score (nSPS) is 24.4. The monoisotopic (exact) mass is 506 g/mol. The Bertz CT molecular complexity index is 1090. The molecule has 4 nitrogen and oxygen atoms in total. The Hall–Kier alpha value is -2.40. The van der Waals surface area contributed by atoms with E-state index in [1.165, 1.54) is 12.8 Å². The topological polar surface area (TPSA) is 52.6 Å². The van der Waals surface area contributed by atoms with Gasteiger partial charge in [-0.3, -0.25) is 4.79 Å². The zero-order valence-corrected chi connectivity index (χ0v) is 23.7. The lowest BCUT2D eigenvalue weighted by molar-refractivity contribution is -0.129. The number of amides is 1. The van der Waals surface area contributed by atoms with Crippen LogP contribution in [-0.2, 0) is 15.6 Å². The smallest absolute Gasteiger partial charge is 0.262 e. The minimum atomic E-state index is -0.216. The predicted molar refractivity (Wildman–Crippen MR) is 153 cm³/mol. The molecule has 5 heteroatoms. The molecular weight excluding hydrogens is 464 g/mol. The Balaban J connectivity index is 1.76. The summed E-state index contributed by atoms with van der Waals surface area (Å²) in [6, 6.07) is 14.5. The highest BCUT2D eigenvalue weighted by Gasteiger charge is 2.43. The first-order chi connectivity index (χ1) is 16.9. The van der Waals surface area contributed by atoms with Crippen LogP contribution in [0.25, 0.3) is 6.08 Å². The van der Waals surface area contributed by atoms with Crippen LogP contribution in [0.15, 0.2) is 47.4 Å². The Morgan fingerprint density at radius 1 is 0.972 bits per heavy atom. The number of aromatic hydroxyl groups is 1. The summed E-state index contributed by atoms with van der Waals surface area (Å²) < 4.78 is 0. The fourth-order valence-corrected chi connectivity index (χ4v) is 6.61. The molecule has 0 bridgehead atoms. The van der Waals surface area contributed by atoms with Crippen molar-refractivity contribution in [2.24, 2.45) is 5.92 Å². The van der Waals surface area contributed by atoms with Crippen molar-refractivity contribution in [2.75, 3.05) is 5.32 Å². The molecule has 1 unspecified atom stereocenters. The minimum absolute atomic E-state index is 0.106. The summed E-state index contributed by atoms with van der Waals surface area (Å²) in [5.74, 6) is 0.954. The van der Waals surface area contributed by atoms with Crippen LogP contribution in [0.4, 0.5) is 5.69 Å². The molecule has 3 atom stereocenters. The molecule has 1 saturated heterocycles. The van der Waals surface area contributed by atoms with Gasteiger partial charge in [-0.05, 0) is 65.5 Å². The summed E-state index contributed by atoms with van der Waals surface area (Å²) in [4.78, 5) is 16.8. The quantitative estimate of drug-likeness (QED) is 0.414. The number of nitrogens with zero attached hydrogens (tertiary/aromatic N) is 1. The van der Waals surface area contributed by atoms with Gasteiger partial charge < -0.3 is 15.3 Å². The number of thioether (sulfide) groups is 1. The summed E-state index contributed by atoms with van der Waals surface area (Å²) in [6.07, 6.45) is 6.66. The first-order valence-corrected chi connectivity index (χ1v) is 14.1. The van der Waals surface area contributed by atoms with Gasteiger partial charge in [-0.25, -0.2) is 0 Å². The number of benzene rings is 2. The van der Waals surface area contributed by atoms with Crippen molar-refractivity contribution in [1.29, 1.82) is 0 Å². The van der Waals surface area contributed by atoms with E-state index in [0.29, 0.717) is 11.7 Å². The molecule has 1 aliphatic carbocycles. The number of hydrogen-bond donors (Lipinski definition) is 2. The van der Waals surface area contributed by atoms with Gasteiger partial charge >= 0.3 is 0 Å². The second-order valence-electron chi connectivity index (χ2n) is 12.5. The number of anilines is 1. The van der Waals surface area contributed by atoms with Crippen molar-refractivity contribution in [2.45, 2.75) is 96.5 Å². The molecule has 0 spiro atoms. The highest BCUT2D eigenvalue weighted by molar-refractivity contribution is 8.05. The molecule has 2 fully saturated rings. The number of carbonyl (C=O) groups is 1. The average Bonchev–Trinajstić information content (AvgIpc) is 3.08. The third-order valence-electron chi connectivity index (χ3n) is 7.47. The van der Waals surface area contributed by atoms with E-state index < -0.39 is 0 Å². The van der Waals surface area contributed by atoms with Gasteiger partial charge in [-0.1, -0.05) is 91.3 Å². The molecule has 0 radical (unpaired) electrons. The highest BCUT2D eigenvalue weighted by atomic mass is 32.2. The molecule has 1 amide bonds. The molecule has 0 aromatic heterocycles. The number of carbonyl (C=O) groups excluding carboxylic acids is 1. The van der Waals surface area contributed by atoms with Crippen LogP contribution in [0.2, 0.25) is 0 Å². The minimum Gasteiger partial charge on any atom is -0.507 e. The number of rotatable bonds is 4. The summed E-state index contributed by atoms with van der Waals surface area (Å²) in [5, 5.41) is 14.8. The van der Waals surface area contributed by atoms with Crippen LogP contribution in [0.3, 0.4) is 0 Å². The maximum Gasteiger partial charge on any atom is 0.262 e. The zero-order chi connectivity index (χ0) is 26.3. The molecule has 2 aliphatic rings. The van der Waals surface area contributed by atoms with Crippen molar-refractivity contribution in [3.63, 3.8) is 0 Å². The van der Waals surface area contributed by atoms with E-state index in [4.69, 9.17) is 0 Å². The van der Waals surface area contributed by atoms with E-state index in [9.17, 15) is 9.90 Å². The van der Waals surface area contributed by atoms with Crippen LogP contribution in [0.5, 0.6) is 5.75 Å². The molecule has 2 aromatic rings. The molecule has 2 N–H and O–H groups in total. The third-order valence-corrected chi connectivity index (χ3v) is 8.58. The second-order valence-corrected chi connectivity index (χ2v) is 13.6. The highest BCUT2D eigenvalue weighted by Crippen LogP contribution is 2.44. The van der Waals surface area contributed by atoms with Crippen molar-refractivity contribution in [3.8, 4) is 5.75 Å². The maximum atomic E-state index is 13.9. The van der Waals surface area contributed by atoms with Gasteiger partial charge in [0.05, 0.1) is 4.91 Å². The van der Waals surface area contributed by atoms with Crippen molar-refractivity contribution in [3.05, 3.63) is 64.1 Å². The van der Waals surface area contributed by atoms with Gasteiger partial charge in [-0.15, -0.1) is 0 Å². The lowest BCUT2D eigenvalue weighted by atomic mass is 9.78. The SMILES string of the molecule is C[C@H]1CCCC[C@H]1N1C(=O)/C(=C/c2cc(C(C)(C)C)c(O)c(C(C)(C)C)c2)SC1Nc1ccccc1. The van der Waals surface area contributed by atoms with Crippen LogP contribution in [0.1, 0.15) is 90.8 Å². The maximum absolute atomic E-state index is 13.9. The fourth-order valence-electron chi connectivity index (χ4n) is 5.40. The van der Waals surface area contributed by atoms with Gasteiger partial charge in [0.25, 0.3) is 5.91 Å². The van der Waals surface area contributed by atoms with Crippen LogP contribution in [0, 0.1) is 5.92 Å². The molecule has 1 saturated carbocycles. The van der Waals surface area contributed by atoms with E-state index in [1.54, 1.807) is 11.8 Å². The number of hydrogen-bond acceptors (Lipinski definition) is 4. The molecule has 36 heavy (non-hydrogen) atoms. The van der Waals surface area contributed by atoms with E-state index >= 15 is 0 Å². The molecular formula is C31H42N2O2S. The van der Waals surface area contributed by atoms with Crippen molar-refractivity contribution >= 4 is 29.4 Å². The Kier molecular flexibility index (Phi) is 7.52. The average molecular weight is 507 g/mol. The predicted octanol–water partition coefficient (Wildman–Crippen LogP) is 7.88. The Labute approximate surface area is 221 Å². The van der Waals surface area contributed by atoms with Crippen LogP contribution < -0.4 is 5.32 Å². The number of phenolic OH excluding ortho intramolecular Hbond substituents is 1.